The van der Waals surface area contributed by atoms with Gasteiger partial charge in [0.25, 0.3) is 5.91 Å². The van der Waals surface area contributed by atoms with Crippen molar-refractivity contribution in [2.75, 3.05) is 6.54 Å². The van der Waals surface area contributed by atoms with Gasteiger partial charge in [-0.25, -0.2) is 4.79 Å². The second-order valence-electron chi connectivity index (χ2n) is 5.48. The Morgan fingerprint density at radius 1 is 1.17 bits per heavy atom. The zero-order chi connectivity index (χ0) is 17.5. The summed E-state index contributed by atoms with van der Waals surface area (Å²) in [6.45, 7) is 1.27. The van der Waals surface area contributed by atoms with Crippen molar-refractivity contribution in [3.63, 3.8) is 0 Å². The molecular weight excluding hydrogens is 371 g/mol. The molecule has 1 atom stereocenters. The maximum absolute atomic E-state index is 12.7. The van der Waals surface area contributed by atoms with Gasteiger partial charge in [0.05, 0.1) is 15.8 Å². The molecule has 1 aliphatic heterocycles. The van der Waals surface area contributed by atoms with Crippen molar-refractivity contribution in [2.45, 2.75) is 12.5 Å². The number of benzene rings is 1. The van der Waals surface area contributed by atoms with Gasteiger partial charge in [-0.3, -0.25) is 14.5 Å². The van der Waals surface area contributed by atoms with E-state index in [1.165, 1.54) is 0 Å². The fourth-order valence-corrected chi connectivity index (χ4v) is 3.60. The number of ketones is 1. The molecule has 1 unspecified atom stereocenters. The number of carbonyl (C=O) groups excluding carboxylic acids is 3. The number of carbonyl (C=O) groups is 3. The van der Waals surface area contributed by atoms with Crippen molar-refractivity contribution in [3.8, 4) is 0 Å². The average Bonchev–Trinajstić information content (AvgIpc) is 3.06. The van der Waals surface area contributed by atoms with Crippen LogP contribution in [0.5, 0.6) is 0 Å². The predicted molar refractivity (Wildman–Crippen MR) is 92.7 cm³/mol. The lowest BCUT2D eigenvalue weighted by Gasteiger charge is -2.22. The topological polar surface area (TPSA) is 66.5 Å². The van der Waals surface area contributed by atoms with Gasteiger partial charge < -0.3 is 5.32 Å². The normalized spacial score (nSPS) is 20.4. The number of amides is 3. The van der Waals surface area contributed by atoms with Crippen molar-refractivity contribution >= 4 is 52.3 Å². The molecule has 3 amide bonds. The minimum absolute atomic E-state index is 0.329. The number of thiophene rings is 1. The highest BCUT2D eigenvalue weighted by molar-refractivity contribution is 7.18. The standard InChI is InChI=1S/C16H12Cl2N2O3S/c1-16(9-2-4-10(17)5-3-9)14(22)20(15(23)19-16)8-11(21)12-6-7-13(18)24-12/h2-7H,8H2,1H3,(H,19,23). The number of urea groups is 1. The highest BCUT2D eigenvalue weighted by Gasteiger charge is 2.49. The number of nitrogens with one attached hydrogen (secondary N) is 1. The van der Waals surface area contributed by atoms with Gasteiger partial charge >= 0.3 is 6.03 Å². The Morgan fingerprint density at radius 2 is 1.83 bits per heavy atom. The SMILES string of the molecule is CC1(c2ccc(Cl)cc2)NC(=O)N(CC(=O)c2ccc(Cl)s2)C1=O. The molecule has 124 valence electrons. The highest BCUT2D eigenvalue weighted by Crippen LogP contribution is 2.30. The minimum atomic E-state index is -1.23. The van der Waals surface area contributed by atoms with Gasteiger partial charge in [-0.2, -0.15) is 0 Å². The third-order valence-electron chi connectivity index (χ3n) is 3.85. The number of hydrogen-bond acceptors (Lipinski definition) is 4. The summed E-state index contributed by atoms with van der Waals surface area (Å²) in [4.78, 5) is 38.5. The molecule has 1 aromatic carbocycles. The molecule has 1 fully saturated rings. The zero-order valence-corrected chi connectivity index (χ0v) is 14.8. The van der Waals surface area contributed by atoms with Crippen molar-refractivity contribution in [1.29, 1.82) is 0 Å². The van der Waals surface area contributed by atoms with E-state index < -0.39 is 17.5 Å². The smallest absolute Gasteiger partial charge is 0.319 e. The molecule has 1 saturated heterocycles. The molecule has 1 N–H and O–H groups in total. The van der Waals surface area contributed by atoms with E-state index in [4.69, 9.17) is 23.2 Å². The Balaban J connectivity index is 1.83. The van der Waals surface area contributed by atoms with Crippen molar-refractivity contribution in [2.24, 2.45) is 0 Å². The lowest BCUT2D eigenvalue weighted by Crippen LogP contribution is -2.41. The van der Waals surface area contributed by atoms with E-state index in [2.05, 4.69) is 5.32 Å². The minimum Gasteiger partial charge on any atom is -0.319 e. The summed E-state index contributed by atoms with van der Waals surface area (Å²) in [5.74, 6) is -0.818. The first-order valence-electron chi connectivity index (χ1n) is 7.00. The molecule has 8 heteroatoms. The molecule has 1 aliphatic rings. The summed E-state index contributed by atoms with van der Waals surface area (Å²) in [5.41, 5.74) is -0.630. The van der Waals surface area contributed by atoms with Crippen LogP contribution in [-0.2, 0) is 10.3 Å². The van der Waals surface area contributed by atoms with Gasteiger partial charge in [-0.05, 0) is 36.8 Å². The van der Waals surface area contributed by atoms with E-state index >= 15 is 0 Å². The Kier molecular flexibility index (Phi) is 4.38. The van der Waals surface area contributed by atoms with Gasteiger partial charge in [0.2, 0.25) is 0 Å². The highest BCUT2D eigenvalue weighted by atomic mass is 35.5. The zero-order valence-electron chi connectivity index (χ0n) is 12.5. The molecule has 1 aromatic heterocycles. The molecule has 0 aliphatic carbocycles. The summed E-state index contributed by atoms with van der Waals surface area (Å²) in [6.07, 6.45) is 0. The molecular formula is C16H12Cl2N2O3S. The number of hydrogen-bond donors (Lipinski definition) is 1. The number of Topliss-reactive ketones (excluding diaryl/α,β-unsaturated/α-hetero) is 1. The van der Waals surface area contributed by atoms with E-state index in [1.807, 2.05) is 0 Å². The van der Waals surface area contributed by atoms with Crippen LogP contribution in [0.3, 0.4) is 0 Å². The Hall–Kier alpha value is -1.89. The first-order valence-corrected chi connectivity index (χ1v) is 8.57. The average molecular weight is 383 g/mol. The molecule has 3 rings (SSSR count). The Bertz CT molecular complexity index is 834. The van der Waals surface area contributed by atoms with Crippen LogP contribution in [0.1, 0.15) is 22.2 Å². The van der Waals surface area contributed by atoms with Crippen molar-refractivity contribution in [1.82, 2.24) is 10.2 Å². The summed E-state index contributed by atoms with van der Waals surface area (Å²) in [7, 11) is 0. The number of nitrogens with zero attached hydrogens (tertiary/aromatic N) is 1. The quantitative estimate of drug-likeness (QED) is 0.647. The molecule has 2 heterocycles. The maximum Gasteiger partial charge on any atom is 0.325 e. The van der Waals surface area contributed by atoms with Crippen LogP contribution in [0.15, 0.2) is 36.4 Å². The molecule has 24 heavy (non-hydrogen) atoms. The van der Waals surface area contributed by atoms with Gasteiger partial charge in [0, 0.05) is 5.02 Å². The number of halogens is 2. The lowest BCUT2D eigenvalue weighted by molar-refractivity contribution is -0.130. The third-order valence-corrected chi connectivity index (χ3v) is 5.37. The van der Waals surface area contributed by atoms with Crippen LogP contribution in [0.4, 0.5) is 4.79 Å². The van der Waals surface area contributed by atoms with Crippen LogP contribution < -0.4 is 5.32 Å². The van der Waals surface area contributed by atoms with Gasteiger partial charge in [0.1, 0.15) is 5.54 Å². The van der Waals surface area contributed by atoms with Crippen LogP contribution in [-0.4, -0.2) is 29.2 Å². The second kappa shape index (κ2) is 6.20. The van der Waals surface area contributed by atoms with Crippen molar-refractivity contribution < 1.29 is 14.4 Å². The van der Waals surface area contributed by atoms with Crippen LogP contribution in [0.25, 0.3) is 0 Å². The predicted octanol–water partition coefficient (Wildman–Crippen LogP) is 3.70. The number of imide groups is 1. The Labute approximate surface area is 152 Å². The van der Waals surface area contributed by atoms with E-state index in [-0.39, 0.29) is 12.3 Å². The summed E-state index contributed by atoms with van der Waals surface area (Å²) < 4.78 is 0.474. The first kappa shape index (κ1) is 17.0. The molecule has 0 bridgehead atoms. The molecule has 0 radical (unpaired) electrons. The molecule has 0 spiro atoms. The monoisotopic (exact) mass is 382 g/mol. The van der Waals surface area contributed by atoms with E-state index in [1.54, 1.807) is 43.3 Å². The molecule has 0 saturated carbocycles. The molecule has 2 aromatic rings. The Morgan fingerprint density at radius 3 is 2.42 bits per heavy atom. The van der Waals surface area contributed by atoms with E-state index in [0.717, 1.165) is 16.2 Å². The van der Waals surface area contributed by atoms with Gasteiger partial charge in [-0.1, -0.05) is 35.3 Å². The fraction of sp³-hybridized carbons (Fsp3) is 0.188. The summed E-state index contributed by atoms with van der Waals surface area (Å²) in [6, 6.07) is 9.20. The van der Waals surface area contributed by atoms with Crippen LogP contribution in [0.2, 0.25) is 9.36 Å². The van der Waals surface area contributed by atoms with Crippen LogP contribution in [0, 0.1) is 0 Å². The molecule has 5 nitrogen and oxygen atoms in total. The second-order valence-corrected chi connectivity index (χ2v) is 7.63. The van der Waals surface area contributed by atoms with E-state index in [9.17, 15) is 14.4 Å². The van der Waals surface area contributed by atoms with Crippen LogP contribution >= 0.6 is 34.5 Å². The third kappa shape index (κ3) is 2.92. The lowest BCUT2D eigenvalue weighted by atomic mass is 9.92. The van der Waals surface area contributed by atoms with E-state index in [0.29, 0.717) is 19.8 Å². The van der Waals surface area contributed by atoms with Crippen molar-refractivity contribution in [3.05, 3.63) is 56.2 Å². The maximum atomic E-state index is 12.7. The summed E-state index contributed by atoms with van der Waals surface area (Å²) >= 11 is 12.8. The van der Waals surface area contributed by atoms with Gasteiger partial charge in [-0.15, -0.1) is 11.3 Å². The first-order chi connectivity index (χ1) is 11.3. The summed E-state index contributed by atoms with van der Waals surface area (Å²) in [5, 5.41) is 3.18. The van der Waals surface area contributed by atoms with Gasteiger partial charge in [0.15, 0.2) is 5.78 Å². The largest absolute Gasteiger partial charge is 0.325 e. The fourth-order valence-electron chi connectivity index (χ4n) is 2.51. The number of rotatable bonds is 4.